The maximum Gasteiger partial charge on any atom is 0.337 e. The molecule has 13 heteroatoms. The fourth-order valence-electron chi connectivity index (χ4n) is 3.89. The van der Waals surface area contributed by atoms with Crippen molar-refractivity contribution in [3.8, 4) is 5.69 Å². The quantitative estimate of drug-likeness (QED) is 0.378. The molecule has 0 unspecified atom stereocenters. The van der Waals surface area contributed by atoms with Crippen molar-refractivity contribution in [3.05, 3.63) is 93.3 Å². The zero-order chi connectivity index (χ0) is 25.8. The molecular formula is C23H16F2N6O4S. The number of benzene rings is 3. The van der Waals surface area contributed by atoms with Gasteiger partial charge in [-0.2, -0.15) is 4.98 Å². The zero-order valence-corrected chi connectivity index (χ0v) is 19.3. The van der Waals surface area contributed by atoms with Crippen molar-refractivity contribution in [2.24, 2.45) is 7.05 Å². The number of aromatic nitrogens is 4. The van der Waals surface area contributed by atoms with Crippen LogP contribution in [0.25, 0.3) is 27.5 Å². The molecule has 0 aliphatic rings. The molecule has 0 saturated carbocycles. The van der Waals surface area contributed by atoms with Crippen LogP contribution in [0.15, 0.2) is 75.3 Å². The summed E-state index contributed by atoms with van der Waals surface area (Å²) in [6, 6.07) is 12.9. The van der Waals surface area contributed by atoms with Crippen molar-refractivity contribution in [2.75, 3.05) is 10.5 Å². The Kier molecular flexibility index (Phi) is 5.29. The third-order valence-electron chi connectivity index (χ3n) is 5.59. The molecule has 0 bridgehead atoms. The van der Waals surface area contributed by atoms with Gasteiger partial charge in [0.1, 0.15) is 11.1 Å². The Bertz CT molecular complexity index is 1930. The van der Waals surface area contributed by atoms with Crippen molar-refractivity contribution in [3.63, 3.8) is 0 Å². The lowest BCUT2D eigenvalue weighted by molar-refractivity contribution is 0.560. The molecule has 182 valence electrons. The largest absolute Gasteiger partial charge is 0.368 e. The van der Waals surface area contributed by atoms with Gasteiger partial charge in [0.25, 0.3) is 15.6 Å². The zero-order valence-electron chi connectivity index (χ0n) is 18.4. The summed E-state index contributed by atoms with van der Waals surface area (Å²) >= 11 is 0. The molecule has 10 nitrogen and oxygen atoms in total. The lowest BCUT2D eigenvalue weighted by Gasteiger charge is -2.15. The number of aryl methyl sites for hydroxylation is 1. The minimum Gasteiger partial charge on any atom is -0.368 e. The second-order valence-electron chi connectivity index (χ2n) is 7.79. The van der Waals surface area contributed by atoms with Gasteiger partial charge in [0.05, 0.1) is 10.6 Å². The van der Waals surface area contributed by atoms with Gasteiger partial charge in [-0.1, -0.05) is 36.4 Å². The smallest absolute Gasteiger partial charge is 0.337 e. The SMILES string of the molecule is Cn1c(=O)n(-c2c(F)ccc(NS(=O)(=O)c3cccc4ccccc34)c2F)c(=O)c2cnc(N)nc21. The van der Waals surface area contributed by atoms with Gasteiger partial charge >= 0.3 is 5.69 Å². The number of rotatable bonds is 4. The fourth-order valence-corrected chi connectivity index (χ4v) is 5.18. The van der Waals surface area contributed by atoms with E-state index in [1.54, 1.807) is 30.3 Å². The van der Waals surface area contributed by atoms with Crippen LogP contribution in [0.5, 0.6) is 0 Å². The Labute approximate surface area is 201 Å². The van der Waals surface area contributed by atoms with Crippen LogP contribution in [0.2, 0.25) is 0 Å². The normalized spacial score (nSPS) is 11.8. The van der Waals surface area contributed by atoms with Crippen LogP contribution in [-0.2, 0) is 17.1 Å². The summed E-state index contributed by atoms with van der Waals surface area (Å²) in [5.41, 5.74) is 1.42. The van der Waals surface area contributed by atoms with E-state index in [2.05, 4.69) is 14.7 Å². The number of fused-ring (bicyclic) bond motifs is 2. The van der Waals surface area contributed by atoms with E-state index in [-0.39, 0.29) is 26.4 Å². The molecule has 0 aliphatic heterocycles. The Morgan fingerprint density at radius 1 is 0.972 bits per heavy atom. The first kappa shape index (κ1) is 23.1. The van der Waals surface area contributed by atoms with Crippen LogP contribution in [0.1, 0.15) is 0 Å². The van der Waals surface area contributed by atoms with Crippen LogP contribution in [0.4, 0.5) is 20.4 Å². The molecule has 2 heterocycles. The van der Waals surface area contributed by atoms with Gasteiger partial charge in [-0.05, 0) is 23.6 Å². The van der Waals surface area contributed by atoms with Gasteiger partial charge in [-0.25, -0.2) is 31.5 Å². The fraction of sp³-hybridized carbons (Fsp3) is 0.0435. The maximum absolute atomic E-state index is 15.6. The van der Waals surface area contributed by atoms with Crippen molar-refractivity contribution in [1.82, 2.24) is 19.1 Å². The monoisotopic (exact) mass is 510 g/mol. The van der Waals surface area contributed by atoms with Crippen molar-refractivity contribution in [1.29, 1.82) is 0 Å². The van der Waals surface area contributed by atoms with Gasteiger partial charge in [-0.3, -0.25) is 14.1 Å². The second kappa shape index (κ2) is 8.23. The lowest BCUT2D eigenvalue weighted by Crippen LogP contribution is -2.39. The molecule has 0 radical (unpaired) electrons. The molecule has 5 aromatic rings. The summed E-state index contributed by atoms with van der Waals surface area (Å²) in [6.45, 7) is 0. The van der Waals surface area contributed by atoms with E-state index in [4.69, 9.17) is 5.73 Å². The predicted molar refractivity (Wildman–Crippen MR) is 129 cm³/mol. The molecule has 5 rings (SSSR count). The minimum absolute atomic E-state index is 0.137. The first-order chi connectivity index (χ1) is 17.1. The third-order valence-corrected chi connectivity index (χ3v) is 7.01. The standard InChI is InChI=1S/C23H16F2N6O4S/c1-30-20-14(11-27-22(26)28-20)21(32)31(23(30)33)19-15(24)9-10-16(18(19)25)29-36(34,35)17-8-4-6-12-5-2-3-7-13(12)17/h2-11,29H,1H3,(H2,26,27,28). The predicted octanol–water partition coefficient (Wildman–Crippen LogP) is 2.29. The average Bonchev–Trinajstić information content (AvgIpc) is 2.86. The van der Waals surface area contributed by atoms with Gasteiger partial charge in [0.15, 0.2) is 17.3 Å². The number of nitrogen functional groups attached to an aromatic ring is 1. The molecule has 3 aromatic carbocycles. The summed E-state index contributed by atoms with van der Waals surface area (Å²) in [4.78, 5) is 33.4. The summed E-state index contributed by atoms with van der Waals surface area (Å²) < 4.78 is 60.0. The van der Waals surface area contributed by atoms with E-state index in [1.165, 1.54) is 19.2 Å². The van der Waals surface area contributed by atoms with Crippen LogP contribution in [0, 0.1) is 11.6 Å². The number of nitrogens with two attached hydrogens (primary N) is 1. The van der Waals surface area contributed by atoms with E-state index < -0.39 is 44.3 Å². The van der Waals surface area contributed by atoms with Gasteiger partial charge in [-0.15, -0.1) is 0 Å². The average molecular weight is 510 g/mol. The molecular weight excluding hydrogens is 494 g/mol. The van der Waals surface area contributed by atoms with Gasteiger partial charge < -0.3 is 5.73 Å². The Hall–Kier alpha value is -4.65. The summed E-state index contributed by atoms with van der Waals surface area (Å²) in [6.07, 6.45) is 1.03. The van der Waals surface area contributed by atoms with E-state index in [9.17, 15) is 22.4 Å². The van der Waals surface area contributed by atoms with Crippen molar-refractivity contribution >= 4 is 43.5 Å². The highest BCUT2D eigenvalue weighted by Gasteiger charge is 2.25. The summed E-state index contributed by atoms with van der Waals surface area (Å²) in [5, 5.41) is 0.788. The first-order valence-corrected chi connectivity index (χ1v) is 11.8. The van der Waals surface area contributed by atoms with Crippen LogP contribution in [0.3, 0.4) is 0 Å². The van der Waals surface area contributed by atoms with Crippen molar-refractivity contribution in [2.45, 2.75) is 4.90 Å². The molecule has 36 heavy (non-hydrogen) atoms. The van der Waals surface area contributed by atoms with E-state index in [0.717, 1.165) is 22.9 Å². The molecule has 3 N–H and O–H groups in total. The van der Waals surface area contributed by atoms with E-state index in [0.29, 0.717) is 10.8 Å². The molecule has 0 aliphatic carbocycles. The van der Waals surface area contributed by atoms with Crippen LogP contribution in [-0.4, -0.2) is 27.5 Å². The molecule has 0 atom stereocenters. The summed E-state index contributed by atoms with van der Waals surface area (Å²) in [5.74, 6) is -2.94. The van der Waals surface area contributed by atoms with Crippen molar-refractivity contribution < 1.29 is 17.2 Å². The van der Waals surface area contributed by atoms with Crippen LogP contribution >= 0.6 is 0 Å². The highest BCUT2D eigenvalue weighted by molar-refractivity contribution is 7.93. The molecule has 0 amide bonds. The highest BCUT2D eigenvalue weighted by atomic mass is 32.2. The molecule has 0 spiro atoms. The number of hydrogen-bond acceptors (Lipinski definition) is 7. The number of anilines is 2. The topological polar surface area (TPSA) is 142 Å². The Morgan fingerprint density at radius 2 is 1.69 bits per heavy atom. The van der Waals surface area contributed by atoms with E-state index >= 15 is 4.39 Å². The third kappa shape index (κ3) is 3.56. The number of nitrogens with one attached hydrogen (secondary N) is 1. The molecule has 2 aromatic heterocycles. The summed E-state index contributed by atoms with van der Waals surface area (Å²) in [7, 11) is -3.13. The maximum atomic E-state index is 15.6. The first-order valence-electron chi connectivity index (χ1n) is 10.3. The van der Waals surface area contributed by atoms with Gasteiger partial charge in [0, 0.05) is 18.6 Å². The van der Waals surface area contributed by atoms with Crippen LogP contribution < -0.4 is 21.7 Å². The molecule has 0 fully saturated rings. The number of hydrogen-bond donors (Lipinski definition) is 2. The second-order valence-corrected chi connectivity index (χ2v) is 9.44. The number of nitrogens with zero attached hydrogens (tertiary/aromatic N) is 4. The number of sulfonamides is 1. The highest BCUT2D eigenvalue weighted by Crippen LogP contribution is 2.28. The Morgan fingerprint density at radius 3 is 2.47 bits per heavy atom. The van der Waals surface area contributed by atoms with Gasteiger partial charge in [0.2, 0.25) is 5.95 Å². The van der Waals surface area contributed by atoms with E-state index in [1.807, 2.05) is 0 Å². The number of halogens is 2. The molecule has 0 saturated heterocycles. The lowest BCUT2D eigenvalue weighted by atomic mass is 10.1. The Balaban J connectivity index is 1.70. The minimum atomic E-state index is -4.36.